The Morgan fingerprint density at radius 2 is 1.41 bits per heavy atom. The van der Waals surface area contributed by atoms with Crippen LogP contribution in [0.15, 0.2) is 128 Å². The van der Waals surface area contributed by atoms with E-state index in [1.165, 1.54) is 44.6 Å². The maximum Gasteiger partial charge on any atom is 0.447 e. The summed E-state index contributed by atoms with van der Waals surface area (Å²) in [5.41, 5.74) is 10.3. The Morgan fingerprint density at radius 1 is 0.595 bits per heavy atom. The summed E-state index contributed by atoms with van der Waals surface area (Å²) in [6.07, 6.45) is 6.54. The molecule has 3 aliphatic rings. The van der Waals surface area contributed by atoms with Crippen LogP contribution in [0.3, 0.4) is 0 Å². The Kier molecular flexibility index (Phi) is 3.45. The molecule has 1 unspecified atom stereocenters. The van der Waals surface area contributed by atoms with Crippen LogP contribution in [0.5, 0.6) is 11.5 Å². The molecule has 0 aliphatic carbocycles. The van der Waals surface area contributed by atoms with Gasteiger partial charge in [0.15, 0.2) is 17.3 Å². The Labute approximate surface area is 213 Å². The fourth-order valence-electron chi connectivity index (χ4n) is 6.80. The zero-order valence-electron chi connectivity index (χ0n) is 19.9. The van der Waals surface area contributed by atoms with Gasteiger partial charge in [0, 0.05) is 18.2 Å². The van der Waals surface area contributed by atoms with Gasteiger partial charge >= 0.3 is 5.66 Å². The first kappa shape index (κ1) is 19.3. The van der Waals surface area contributed by atoms with E-state index in [1.54, 1.807) is 0 Å². The van der Waals surface area contributed by atoms with Gasteiger partial charge in [-0.05, 0) is 57.3 Å². The van der Waals surface area contributed by atoms with E-state index in [0.717, 1.165) is 17.2 Å². The highest BCUT2D eigenvalue weighted by molar-refractivity contribution is 5.94. The van der Waals surface area contributed by atoms with E-state index in [4.69, 9.17) is 4.74 Å². The molecule has 0 N–H and O–H groups in total. The summed E-state index contributed by atoms with van der Waals surface area (Å²) in [5, 5.41) is 0. The third kappa shape index (κ3) is 2.16. The van der Waals surface area contributed by atoms with Gasteiger partial charge in [-0.25, -0.2) is 0 Å². The monoisotopic (exact) mass is 475 g/mol. The Hall–Kier alpha value is -4.96. The molecule has 0 bridgehead atoms. The Morgan fingerprint density at radius 3 is 2.32 bits per heavy atom. The van der Waals surface area contributed by atoms with E-state index >= 15 is 0 Å². The van der Waals surface area contributed by atoms with Crippen molar-refractivity contribution in [3.05, 3.63) is 139 Å². The quantitative estimate of drug-likeness (QED) is 0.278. The molecule has 0 fully saturated rings. The van der Waals surface area contributed by atoms with Crippen LogP contribution in [-0.2, 0) is 5.66 Å². The average molecular weight is 476 g/mol. The number of ether oxygens (including phenoxy) is 1. The summed E-state index contributed by atoms with van der Waals surface area (Å²) in [4.78, 5) is 0. The van der Waals surface area contributed by atoms with Gasteiger partial charge in [0.2, 0.25) is 11.9 Å². The summed E-state index contributed by atoms with van der Waals surface area (Å²) < 4.78 is 13.7. The first-order valence-electron chi connectivity index (χ1n) is 12.6. The summed E-state index contributed by atoms with van der Waals surface area (Å²) in [6.45, 7) is 0. The molecule has 4 nitrogen and oxygen atoms in total. The van der Waals surface area contributed by atoms with Crippen LogP contribution >= 0.6 is 0 Å². The number of nitrogens with zero attached hydrogens (tertiary/aromatic N) is 3. The Bertz CT molecular complexity index is 1920. The minimum absolute atomic E-state index is 0.549. The van der Waals surface area contributed by atoms with Crippen molar-refractivity contribution in [3.8, 4) is 50.7 Å². The maximum absolute atomic E-state index is 6.65. The zero-order valence-corrected chi connectivity index (χ0v) is 19.9. The molecule has 0 radical (unpaired) electrons. The van der Waals surface area contributed by atoms with Gasteiger partial charge in [-0.2, -0.15) is 0 Å². The van der Waals surface area contributed by atoms with Crippen molar-refractivity contribution in [2.75, 3.05) is 0 Å². The lowest BCUT2D eigenvalue weighted by Gasteiger charge is -2.24. The lowest BCUT2D eigenvalue weighted by atomic mass is 9.83. The van der Waals surface area contributed by atoms with E-state index in [2.05, 4.69) is 142 Å². The molecule has 2 aromatic heterocycles. The smallest absolute Gasteiger partial charge is 0.447 e. The lowest BCUT2D eigenvalue weighted by molar-refractivity contribution is -0.988. The van der Waals surface area contributed by atoms with Crippen molar-refractivity contribution >= 4 is 0 Å². The minimum atomic E-state index is -0.549. The van der Waals surface area contributed by atoms with Crippen LogP contribution in [-0.4, -0.2) is 4.68 Å². The van der Waals surface area contributed by atoms with Crippen molar-refractivity contribution in [1.29, 1.82) is 0 Å². The maximum atomic E-state index is 6.65. The van der Waals surface area contributed by atoms with E-state index in [9.17, 15) is 0 Å². The predicted octanol–water partition coefficient (Wildman–Crippen LogP) is 6.08. The molecule has 172 valence electrons. The van der Waals surface area contributed by atoms with E-state index < -0.39 is 5.66 Å². The average Bonchev–Trinajstić information content (AvgIpc) is 3.64. The minimum Gasteiger partial charge on any atom is -0.455 e. The van der Waals surface area contributed by atoms with Crippen LogP contribution in [0.1, 0.15) is 11.1 Å². The molecule has 1 spiro atoms. The van der Waals surface area contributed by atoms with E-state index in [-0.39, 0.29) is 0 Å². The number of fused-ring (bicyclic) bond motifs is 4. The predicted molar refractivity (Wildman–Crippen MR) is 141 cm³/mol. The van der Waals surface area contributed by atoms with Crippen molar-refractivity contribution in [1.82, 2.24) is 4.68 Å². The Balaban J connectivity index is 1.45. The normalized spacial score (nSPS) is 17.0. The molecular weight excluding hydrogens is 454 g/mol. The second kappa shape index (κ2) is 6.62. The molecular formula is C33H21N3O+2. The summed E-state index contributed by atoms with van der Waals surface area (Å²) in [7, 11) is 0. The highest BCUT2D eigenvalue weighted by Crippen LogP contribution is 2.57. The van der Waals surface area contributed by atoms with Crippen molar-refractivity contribution in [3.63, 3.8) is 0 Å². The molecule has 0 saturated carbocycles. The van der Waals surface area contributed by atoms with Crippen molar-refractivity contribution in [2.45, 2.75) is 5.66 Å². The standard InChI is InChI=1S/C33H21N3O/c1-2-10-22(11-3-1)23-12-4-5-13-24(23)25-17-18-29-32-30(25)26-14-6-7-19-34(26)33(32)31-27(15-8-16-28(31)37-29)35-20-9-21-36(33)35/h1-21H/q+2. The highest BCUT2D eigenvalue weighted by Gasteiger charge is 2.72. The molecule has 1 atom stereocenters. The highest BCUT2D eigenvalue weighted by atomic mass is 16.5. The van der Waals surface area contributed by atoms with Crippen LogP contribution in [0.25, 0.3) is 39.2 Å². The third-order valence-corrected chi connectivity index (χ3v) is 8.12. The summed E-state index contributed by atoms with van der Waals surface area (Å²) in [6, 6.07) is 38.8. The van der Waals surface area contributed by atoms with Gasteiger partial charge in [-0.15, -0.1) is 9.25 Å². The molecule has 4 heteroatoms. The summed E-state index contributed by atoms with van der Waals surface area (Å²) in [5.74, 6) is 1.82. The summed E-state index contributed by atoms with van der Waals surface area (Å²) >= 11 is 0. The fraction of sp³-hybridized carbons (Fsp3) is 0.0303. The van der Waals surface area contributed by atoms with Gasteiger partial charge in [-0.3, -0.25) is 0 Å². The number of benzene rings is 4. The van der Waals surface area contributed by atoms with Crippen molar-refractivity contribution < 1.29 is 14.0 Å². The third-order valence-electron chi connectivity index (χ3n) is 8.12. The molecule has 5 heterocycles. The molecule has 6 aromatic rings. The first-order chi connectivity index (χ1) is 18.4. The van der Waals surface area contributed by atoms with Crippen LogP contribution in [0, 0.1) is 0 Å². The molecule has 37 heavy (non-hydrogen) atoms. The lowest BCUT2D eigenvalue weighted by Crippen LogP contribution is -2.73. The van der Waals surface area contributed by atoms with Crippen molar-refractivity contribution in [2.24, 2.45) is 0 Å². The largest absolute Gasteiger partial charge is 0.455 e. The van der Waals surface area contributed by atoms with Gasteiger partial charge in [0.25, 0.3) is 0 Å². The molecule has 9 rings (SSSR count). The zero-order chi connectivity index (χ0) is 24.1. The topological polar surface area (TPSA) is 21.9 Å². The van der Waals surface area contributed by atoms with E-state index in [0.29, 0.717) is 0 Å². The molecule has 3 aliphatic heterocycles. The van der Waals surface area contributed by atoms with Gasteiger partial charge in [0.05, 0.1) is 11.8 Å². The number of pyridine rings is 1. The second-order valence-electron chi connectivity index (χ2n) is 9.83. The number of aromatic nitrogens is 3. The molecule has 4 aromatic carbocycles. The van der Waals surface area contributed by atoms with Gasteiger partial charge < -0.3 is 4.74 Å². The number of rotatable bonds is 2. The fourth-order valence-corrected chi connectivity index (χ4v) is 6.80. The number of hydrogen-bond acceptors (Lipinski definition) is 1. The van der Waals surface area contributed by atoms with E-state index in [1.807, 2.05) is 0 Å². The number of hydrogen-bond donors (Lipinski definition) is 0. The van der Waals surface area contributed by atoms with Crippen LogP contribution < -0.4 is 14.0 Å². The van der Waals surface area contributed by atoms with Crippen LogP contribution in [0.2, 0.25) is 0 Å². The first-order valence-corrected chi connectivity index (χ1v) is 12.6. The van der Waals surface area contributed by atoms with Crippen LogP contribution in [0.4, 0.5) is 0 Å². The molecule has 0 saturated heterocycles. The molecule has 0 amide bonds. The SMILES string of the molecule is c1ccc(-c2ccccc2-c2ccc3c4c2-c2cccc[n+]2C42c4c(cccc4-n4ccc[n+]42)O3)cc1. The van der Waals surface area contributed by atoms with Gasteiger partial charge in [-0.1, -0.05) is 60.7 Å². The van der Waals surface area contributed by atoms with Gasteiger partial charge in [0.1, 0.15) is 17.2 Å². The second-order valence-corrected chi connectivity index (χ2v) is 9.83.